The molecule has 0 unspecified atom stereocenters. The number of para-hydroxylation sites is 2. The summed E-state index contributed by atoms with van der Waals surface area (Å²) in [5, 5.41) is 7.50. The predicted octanol–water partition coefficient (Wildman–Crippen LogP) is 15.6. The zero-order valence-electron chi connectivity index (χ0n) is 37.2. The smallest absolute Gasteiger partial charge is 0.256 e. The monoisotopic (exact) mass is 876 g/mol. The predicted molar refractivity (Wildman–Crippen MR) is 279 cm³/mol. The molecule has 2 aliphatic rings. The topological polar surface area (TPSA) is 32.8 Å². The van der Waals surface area contributed by atoms with E-state index >= 15 is 0 Å². The number of rotatable bonds is 4. The SMILES string of the molecule is CC(C)(C)c1ccc2sc3c(c2c1)B1c2c(cccc2N(c2ccc(-c4coc5ccccc45)cc2)c2sc4ccc(C(C)(C)C)cc4c21)N3c1ccc(-c2coc3ccccc23)cc1. The number of benzene rings is 7. The lowest BCUT2D eigenvalue weighted by Crippen LogP contribution is -2.60. The lowest BCUT2D eigenvalue weighted by atomic mass is 9.33. The zero-order valence-corrected chi connectivity index (χ0v) is 38.8. The van der Waals surface area contributed by atoms with Crippen molar-refractivity contribution in [2.75, 3.05) is 9.80 Å². The van der Waals surface area contributed by atoms with Crippen LogP contribution in [0.5, 0.6) is 0 Å². The third-order valence-corrected chi connectivity index (χ3v) is 16.1. The largest absolute Gasteiger partial charge is 0.464 e. The summed E-state index contributed by atoms with van der Waals surface area (Å²) >= 11 is 3.84. The Labute approximate surface area is 387 Å². The van der Waals surface area contributed by atoms with Crippen molar-refractivity contribution in [1.82, 2.24) is 0 Å². The van der Waals surface area contributed by atoms with Crippen LogP contribution in [0.2, 0.25) is 0 Å². The summed E-state index contributed by atoms with van der Waals surface area (Å²) in [4.78, 5) is 5.10. The molecule has 0 bridgehead atoms. The minimum absolute atomic E-state index is 0.00631. The van der Waals surface area contributed by atoms with E-state index < -0.39 is 0 Å². The Balaban J connectivity index is 1.07. The Morgan fingerprint density at radius 2 is 0.862 bits per heavy atom. The van der Waals surface area contributed by atoms with Crippen LogP contribution >= 0.6 is 22.7 Å². The summed E-state index contributed by atoms with van der Waals surface area (Å²) in [6, 6.07) is 56.2. The van der Waals surface area contributed by atoms with Gasteiger partial charge in [-0.3, -0.25) is 0 Å². The first kappa shape index (κ1) is 38.6. The number of fused-ring (bicyclic) bond motifs is 10. The van der Waals surface area contributed by atoms with Crippen LogP contribution in [0.15, 0.2) is 173 Å². The maximum absolute atomic E-state index is 6.00. The second-order valence-electron chi connectivity index (χ2n) is 19.8. The van der Waals surface area contributed by atoms with Crippen molar-refractivity contribution in [2.24, 2.45) is 0 Å². The minimum Gasteiger partial charge on any atom is -0.464 e. The molecule has 0 radical (unpaired) electrons. The summed E-state index contributed by atoms with van der Waals surface area (Å²) in [7, 11) is 0. The van der Waals surface area contributed by atoms with Crippen LogP contribution in [0.4, 0.5) is 32.8 Å². The lowest BCUT2D eigenvalue weighted by molar-refractivity contribution is 0.591. The molecule has 314 valence electrons. The molecule has 0 amide bonds. The van der Waals surface area contributed by atoms with Crippen molar-refractivity contribution < 1.29 is 8.83 Å². The van der Waals surface area contributed by atoms with Gasteiger partial charge >= 0.3 is 0 Å². The molecule has 13 rings (SSSR count). The van der Waals surface area contributed by atoms with Gasteiger partial charge in [0.15, 0.2) is 0 Å². The van der Waals surface area contributed by atoms with Gasteiger partial charge in [0.25, 0.3) is 6.71 Å². The minimum atomic E-state index is -0.00631. The van der Waals surface area contributed by atoms with Crippen molar-refractivity contribution in [3.63, 3.8) is 0 Å². The normalized spacial score (nSPS) is 13.6. The zero-order chi connectivity index (χ0) is 43.9. The number of hydrogen-bond acceptors (Lipinski definition) is 6. The van der Waals surface area contributed by atoms with E-state index in [4.69, 9.17) is 8.83 Å². The molecule has 0 saturated heterocycles. The molecular weight excluding hydrogens is 832 g/mol. The third-order valence-electron chi connectivity index (χ3n) is 13.8. The number of anilines is 6. The van der Waals surface area contributed by atoms with Crippen LogP contribution in [0, 0.1) is 0 Å². The number of furan rings is 2. The number of hydrogen-bond donors (Lipinski definition) is 0. The van der Waals surface area contributed by atoms with Gasteiger partial charge in [-0.2, -0.15) is 0 Å². The van der Waals surface area contributed by atoms with Gasteiger partial charge in [0.05, 0.1) is 22.5 Å². The van der Waals surface area contributed by atoms with E-state index in [-0.39, 0.29) is 17.5 Å². The van der Waals surface area contributed by atoms with Gasteiger partial charge in [0.2, 0.25) is 0 Å². The Morgan fingerprint density at radius 3 is 1.29 bits per heavy atom. The Morgan fingerprint density at radius 1 is 0.431 bits per heavy atom. The lowest BCUT2D eigenvalue weighted by Gasteiger charge is -2.42. The van der Waals surface area contributed by atoms with Crippen molar-refractivity contribution in [3.05, 3.63) is 175 Å². The Hall–Kier alpha value is -6.80. The number of nitrogens with zero attached hydrogens (tertiary/aromatic N) is 2. The first-order valence-corrected chi connectivity index (χ1v) is 24.1. The highest BCUT2D eigenvalue weighted by molar-refractivity contribution is 7.29. The first-order valence-electron chi connectivity index (χ1n) is 22.5. The Kier molecular flexibility index (Phi) is 8.24. The van der Waals surface area contributed by atoms with E-state index in [1.807, 2.05) is 59.5 Å². The summed E-state index contributed by atoms with van der Waals surface area (Å²) < 4.78 is 14.6. The quantitative estimate of drug-likeness (QED) is 0.165. The van der Waals surface area contributed by atoms with Crippen molar-refractivity contribution in [2.45, 2.75) is 52.4 Å². The van der Waals surface area contributed by atoms with Crippen LogP contribution in [0.3, 0.4) is 0 Å². The first-order chi connectivity index (χ1) is 31.5. The van der Waals surface area contributed by atoms with Gasteiger partial charge in [-0.05, 0) is 121 Å². The van der Waals surface area contributed by atoms with Crippen LogP contribution < -0.4 is 26.2 Å². The molecule has 0 aliphatic carbocycles. The average Bonchev–Trinajstić information content (AvgIpc) is 4.11. The van der Waals surface area contributed by atoms with E-state index in [9.17, 15) is 0 Å². The fraction of sp³-hybridized carbons (Fsp3) is 0.138. The number of thiophene rings is 2. The van der Waals surface area contributed by atoms with Crippen LogP contribution in [-0.4, -0.2) is 6.71 Å². The maximum Gasteiger partial charge on any atom is 0.256 e. The highest BCUT2D eigenvalue weighted by Crippen LogP contribution is 2.51. The Bertz CT molecular complexity index is 3470. The molecule has 2 aliphatic heterocycles. The molecule has 0 spiro atoms. The van der Waals surface area contributed by atoms with Gasteiger partial charge in [-0.1, -0.05) is 133 Å². The van der Waals surface area contributed by atoms with E-state index in [1.54, 1.807) is 0 Å². The highest BCUT2D eigenvalue weighted by atomic mass is 32.1. The van der Waals surface area contributed by atoms with Crippen molar-refractivity contribution >= 4 is 121 Å². The van der Waals surface area contributed by atoms with Gasteiger partial charge < -0.3 is 18.6 Å². The highest BCUT2D eigenvalue weighted by Gasteiger charge is 2.47. The van der Waals surface area contributed by atoms with Crippen LogP contribution in [-0.2, 0) is 10.8 Å². The third kappa shape index (κ3) is 5.81. The van der Waals surface area contributed by atoms with Gasteiger partial charge in [-0.15, -0.1) is 22.7 Å². The van der Waals surface area contributed by atoms with Gasteiger partial charge in [0, 0.05) is 54.0 Å². The summed E-state index contributed by atoms with van der Waals surface area (Å²) in [6.07, 6.45) is 3.78. The summed E-state index contributed by atoms with van der Waals surface area (Å²) in [6.45, 7) is 14.0. The van der Waals surface area contributed by atoms with Crippen LogP contribution in [0.1, 0.15) is 52.7 Å². The van der Waals surface area contributed by atoms with Gasteiger partial charge in [-0.25, -0.2) is 0 Å². The van der Waals surface area contributed by atoms with Gasteiger partial charge in [0.1, 0.15) is 11.2 Å². The average molecular weight is 877 g/mol. The standard InChI is InChI=1S/C58H45BN2O2S2/c1-57(2,3)36-22-28-50-42(30-36)52-55(64-50)60(38-24-18-34(19-25-38)44-32-62-48-16-9-7-12-40(44)48)46-14-11-15-47-54(46)59(52)53-43-31-37(58(4,5)6)23-29-51(43)65-56(53)61(47)39-26-20-35(21-27-39)45-33-63-49-17-10-8-13-41(45)49/h7-33H,1-6H3. The fourth-order valence-electron chi connectivity index (χ4n) is 10.4. The maximum atomic E-state index is 6.00. The van der Waals surface area contributed by atoms with E-state index in [2.05, 4.69) is 179 Å². The van der Waals surface area contributed by atoms with E-state index in [0.29, 0.717) is 0 Å². The summed E-state index contributed by atoms with van der Waals surface area (Å²) in [5.41, 5.74) is 17.8. The van der Waals surface area contributed by atoms with E-state index in [0.717, 1.165) is 55.6 Å². The molecule has 6 heterocycles. The second kappa shape index (κ2) is 13.9. The molecule has 7 aromatic carbocycles. The molecule has 0 atom stereocenters. The molecule has 0 saturated carbocycles. The van der Waals surface area contributed by atoms with Crippen molar-refractivity contribution in [1.29, 1.82) is 0 Å². The van der Waals surface area contributed by atoms with E-state index in [1.165, 1.54) is 69.1 Å². The molecule has 11 aromatic rings. The fourth-order valence-corrected chi connectivity index (χ4v) is 12.9. The molecule has 0 fully saturated rings. The van der Waals surface area contributed by atoms with Crippen molar-refractivity contribution in [3.8, 4) is 22.3 Å². The molecule has 0 N–H and O–H groups in total. The molecule has 4 aromatic heterocycles. The second-order valence-corrected chi connectivity index (χ2v) is 21.8. The molecule has 4 nitrogen and oxygen atoms in total. The molecular formula is C58H45BN2O2S2. The van der Waals surface area contributed by atoms with Crippen LogP contribution in [0.25, 0.3) is 64.4 Å². The summed E-state index contributed by atoms with van der Waals surface area (Å²) in [5.74, 6) is 0. The molecule has 65 heavy (non-hydrogen) atoms. The molecule has 7 heteroatoms.